The molecular formula is C14H20N2O. The number of aryl methyl sites for hydroxylation is 2. The van der Waals surface area contributed by atoms with Gasteiger partial charge < -0.3 is 0 Å². The van der Waals surface area contributed by atoms with Gasteiger partial charge in [0, 0.05) is 17.5 Å². The summed E-state index contributed by atoms with van der Waals surface area (Å²) in [5, 5.41) is 3.26. The van der Waals surface area contributed by atoms with Crippen molar-refractivity contribution in [1.82, 2.24) is 9.61 Å². The highest BCUT2D eigenvalue weighted by Gasteiger charge is 2.12. The lowest BCUT2D eigenvalue weighted by Crippen LogP contribution is -2.09. The molecule has 0 aliphatic rings. The standard InChI is InChI=1S/C14H20N2O/c1-5-12-11(6-9(2)3)8-13-14(17)7-10(4)15-16(12)13/h7-9,15H,5-6H2,1-4H3. The maximum Gasteiger partial charge on any atom is 0.205 e. The van der Waals surface area contributed by atoms with Crippen LogP contribution in [0, 0.1) is 12.8 Å². The molecule has 0 bridgehead atoms. The average Bonchev–Trinajstić information content (AvgIpc) is 2.54. The SMILES string of the molecule is CCc1c(CC(C)C)cc2c(=O)cc(C)[nH]n12. The predicted molar refractivity (Wildman–Crippen MR) is 70.7 cm³/mol. The largest absolute Gasteiger partial charge is 0.298 e. The van der Waals surface area contributed by atoms with Gasteiger partial charge in [0.25, 0.3) is 0 Å². The molecule has 0 aromatic carbocycles. The smallest absolute Gasteiger partial charge is 0.205 e. The summed E-state index contributed by atoms with van der Waals surface area (Å²) in [4.78, 5) is 11.9. The van der Waals surface area contributed by atoms with Crippen LogP contribution in [0.2, 0.25) is 0 Å². The van der Waals surface area contributed by atoms with Crippen LogP contribution in [-0.2, 0) is 12.8 Å². The molecule has 0 atom stereocenters. The topological polar surface area (TPSA) is 37.3 Å². The molecule has 0 aliphatic carbocycles. The fourth-order valence-electron chi connectivity index (χ4n) is 2.39. The van der Waals surface area contributed by atoms with Crippen LogP contribution in [0.15, 0.2) is 16.9 Å². The molecule has 0 amide bonds. The number of hydrogen-bond donors (Lipinski definition) is 1. The van der Waals surface area contributed by atoms with E-state index in [4.69, 9.17) is 0 Å². The molecule has 0 fully saturated rings. The van der Waals surface area contributed by atoms with Gasteiger partial charge in [0.15, 0.2) is 0 Å². The van der Waals surface area contributed by atoms with Gasteiger partial charge in [-0.25, -0.2) is 0 Å². The monoisotopic (exact) mass is 232 g/mol. The molecule has 17 heavy (non-hydrogen) atoms. The summed E-state index contributed by atoms with van der Waals surface area (Å²) in [6, 6.07) is 3.70. The zero-order valence-electron chi connectivity index (χ0n) is 11.0. The molecule has 0 saturated carbocycles. The predicted octanol–water partition coefficient (Wildman–Crippen LogP) is 2.70. The summed E-state index contributed by atoms with van der Waals surface area (Å²) in [6.45, 7) is 8.46. The van der Waals surface area contributed by atoms with Crippen LogP contribution in [-0.4, -0.2) is 9.61 Å². The van der Waals surface area contributed by atoms with Crippen molar-refractivity contribution < 1.29 is 0 Å². The minimum absolute atomic E-state index is 0.103. The average molecular weight is 232 g/mol. The Bertz CT molecular complexity index is 590. The number of aromatic amines is 1. The molecule has 92 valence electrons. The third-order valence-electron chi connectivity index (χ3n) is 3.04. The number of nitrogens with zero attached hydrogens (tertiary/aromatic N) is 1. The van der Waals surface area contributed by atoms with Crippen LogP contribution < -0.4 is 5.43 Å². The van der Waals surface area contributed by atoms with E-state index >= 15 is 0 Å². The third kappa shape index (κ3) is 2.14. The highest BCUT2D eigenvalue weighted by Crippen LogP contribution is 2.18. The fraction of sp³-hybridized carbons (Fsp3) is 0.500. The molecule has 0 radical (unpaired) electrons. The van der Waals surface area contributed by atoms with E-state index in [-0.39, 0.29) is 5.43 Å². The van der Waals surface area contributed by atoms with Gasteiger partial charge >= 0.3 is 0 Å². The van der Waals surface area contributed by atoms with Crippen molar-refractivity contribution in [2.45, 2.75) is 40.5 Å². The zero-order valence-corrected chi connectivity index (χ0v) is 11.0. The summed E-state index contributed by atoms with van der Waals surface area (Å²) in [7, 11) is 0. The Labute approximate surface area is 101 Å². The van der Waals surface area contributed by atoms with E-state index < -0.39 is 0 Å². The van der Waals surface area contributed by atoms with Gasteiger partial charge in [-0.1, -0.05) is 20.8 Å². The number of fused-ring (bicyclic) bond motifs is 1. The van der Waals surface area contributed by atoms with E-state index in [9.17, 15) is 4.79 Å². The van der Waals surface area contributed by atoms with Crippen molar-refractivity contribution in [2.24, 2.45) is 5.92 Å². The van der Waals surface area contributed by atoms with Gasteiger partial charge in [0.2, 0.25) is 5.43 Å². The minimum Gasteiger partial charge on any atom is -0.298 e. The summed E-state index contributed by atoms with van der Waals surface area (Å²) < 4.78 is 1.95. The lowest BCUT2D eigenvalue weighted by Gasteiger charge is -2.06. The molecule has 0 aliphatic heterocycles. The summed E-state index contributed by atoms with van der Waals surface area (Å²) in [5.41, 5.74) is 4.30. The highest BCUT2D eigenvalue weighted by molar-refractivity contribution is 5.52. The van der Waals surface area contributed by atoms with Crippen LogP contribution in [0.25, 0.3) is 5.52 Å². The van der Waals surface area contributed by atoms with E-state index in [1.807, 2.05) is 17.5 Å². The number of aromatic nitrogens is 2. The number of H-pyrrole nitrogens is 1. The number of rotatable bonds is 3. The van der Waals surface area contributed by atoms with E-state index in [2.05, 4.69) is 25.9 Å². The van der Waals surface area contributed by atoms with E-state index in [1.165, 1.54) is 11.3 Å². The van der Waals surface area contributed by atoms with Crippen molar-refractivity contribution in [3.05, 3.63) is 39.3 Å². The second-order valence-electron chi connectivity index (χ2n) is 5.09. The first kappa shape index (κ1) is 12.0. The Morgan fingerprint density at radius 1 is 1.35 bits per heavy atom. The Morgan fingerprint density at radius 3 is 2.65 bits per heavy atom. The lowest BCUT2D eigenvalue weighted by atomic mass is 10.0. The maximum atomic E-state index is 11.9. The van der Waals surface area contributed by atoms with E-state index in [1.54, 1.807) is 6.07 Å². The molecule has 0 saturated heterocycles. The first-order chi connectivity index (χ1) is 8.02. The van der Waals surface area contributed by atoms with Gasteiger partial charge in [-0.2, -0.15) is 0 Å². The number of hydrogen-bond acceptors (Lipinski definition) is 1. The van der Waals surface area contributed by atoms with Crippen molar-refractivity contribution in [2.75, 3.05) is 0 Å². The Hall–Kier alpha value is -1.51. The first-order valence-corrected chi connectivity index (χ1v) is 6.26. The molecule has 1 N–H and O–H groups in total. The van der Waals surface area contributed by atoms with Crippen molar-refractivity contribution in [3.63, 3.8) is 0 Å². The molecule has 3 nitrogen and oxygen atoms in total. The van der Waals surface area contributed by atoms with Gasteiger partial charge in [0.1, 0.15) is 5.52 Å². The summed E-state index contributed by atoms with van der Waals surface area (Å²) in [5.74, 6) is 0.605. The second kappa shape index (κ2) is 4.40. The highest BCUT2D eigenvalue weighted by atomic mass is 16.1. The fourth-order valence-corrected chi connectivity index (χ4v) is 2.39. The summed E-state index contributed by atoms with van der Waals surface area (Å²) in [6.07, 6.45) is 1.97. The Balaban J connectivity index is 2.71. The van der Waals surface area contributed by atoms with Gasteiger partial charge in [-0.05, 0) is 37.3 Å². The van der Waals surface area contributed by atoms with Crippen LogP contribution >= 0.6 is 0 Å². The van der Waals surface area contributed by atoms with Crippen molar-refractivity contribution in [3.8, 4) is 0 Å². The molecule has 2 aromatic heterocycles. The molecule has 3 heteroatoms. The lowest BCUT2D eigenvalue weighted by molar-refractivity contribution is 0.640. The maximum absolute atomic E-state index is 11.9. The van der Waals surface area contributed by atoms with Gasteiger partial charge in [-0.3, -0.25) is 14.4 Å². The van der Waals surface area contributed by atoms with Crippen LogP contribution in [0.1, 0.15) is 37.7 Å². The second-order valence-corrected chi connectivity index (χ2v) is 5.09. The van der Waals surface area contributed by atoms with Gasteiger partial charge in [-0.15, -0.1) is 0 Å². The Kier molecular flexibility index (Phi) is 3.09. The molecule has 2 heterocycles. The third-order valence-corrected chi connectivity index (χ3v) is 3.04. The molecule has 2 rings (SSSR count). The van der Waals surface area contributed by atoms with Crippen LogP contribution in [0.3, 0.4) is 0 Å². The number of nitrogens with one attached hydrogen (secondary N) is 1. The van der Waals surface area contributed by atoms with Crippen LogP contribution in [0.4, 0.5) is 0 Å². The molecule has 2 aromatic rings. The normalized spacial score (nSPS) is 11.6. The minimum atomic E-state index is 0.103. The first-order valence-electron chi connectivity index (χ1n) is 6.26. The zero-order chi connectivity index (χ0) is 12.6. The molecule has 0 spiro atoms. The van der Waals surface area contributed by atoms with Crippen molar-refractivity contribution >= 4 is 5.52 Å². The molecule has 0 unspecified atom stereocenters. The summed E-state index contributed by atoms with van der Waals surface area (Å²) >= 11 is 0. The van der Waals surface area contributed by atoms with E-state index in [0.717, 1.165) is 24.1 Å². The quantitative estimate of drug-likeness (QED) is 0.868. The molecular weight excluding hydrogens is 212 g/mol. The van der Waals surface area contributed by atoms with Gasteiger partial charge in [0.05, 0.1) is 0 Å². The Morgan fingerprint density at radius 2 is 2.06 bits per heavy atom. The van der Waals surface area contributed by atoms with Crippen LogP contribution in [0.5, 0.6) is 0 Å². The van der Waals surface area contributed by atoms with Crippen molar-refractivity contribution in [1.29, 1.82) is 0 Å². The van der Waals surface area contributed by atoms with E-state index in [0.29, 0.717) is 5.92 Å².